The van der Waals surface area contributed by atoms with E-state index in [2.05, 4.69) is 34.6 Å². The highest BCUT2D eigenvalue weighted by atomic mass is 32.2. The maximum absolute atomic E-state index is 13.2. The van der Waals surface area contributed by atoms with Gasteiger partial charge in [0.05, 0.1) is 0 Å². The van der Waals surface area contributed by atoms with E-state index >= 15 is 0 Å². The zero-order valence-electron chi connectivity index (χ0n) is 16.1. The van der Waals surface area contributed by atoms with Crippen molar-refractivity contribution >= 4 is 34.5 Å². The molecule has 2 saturated heterocycles. The summed E-state index contributed by atoms with van der Waals surface area (Å²) in [7, 11) is 0. The van der Waals surface area contributed by atoms with E-state index in [1.54, 1.807) is 16.7 Å². The lowest BCUT2D eigenvalue weighted by atomic mass is 9.91. The summed E-state index contributed by atoms with van der Waals surface area (Å²) < 4.78 is 0. The van der Waals surface area contributed by atoms with E-state index in [0.29, 0.717) is 25.9 Å². The Kier molecular flexibility index (Phi) is 4.59. The van der Waals surface area contributed by atoms with Crippen LogP contribution in [0.3, 0.4) is 0 Å². The second-order valence-corrected chi connectivity index (χ2v) is 9.01. The van der Waals surface area contributed by atoms with Gasteiger partial charge in [0.15, 0.2) is 4.87 Å². The molecule has 0 bridgehead atoms. The Bertz CT molecular complexity index is 1060. The number of aromatic amines is 1. The minimum atomic E-state index is -0.710. The summed E-state index contributed by atoms with van der Waals surface area (Å²) in [4.78, 5) is 29.8. The van der Waals surface area contributed by atoms with E-state index in [1.165, 1.54) is 10.9 Å². The first kappa shape index (κ1) is 18.3. The number of para-hydroxylation sites is 1. The molecule has 0 radical (unpaired) electrons. The van der Waals surface area contributed by atoms with Crippen molar-refractivity contribution in [2.75, 3.05) is 18.8 Å². The van der Waals surface area contributed by atoms with Crippen LogP contribution in [-0.4, -0.2) is 45.4 Å². The van der Waals surface area contributed by atoms with E-state index < -0.39 is 4.87 Å². The first-order valence-electron chi connectivity index (χ1n) is 10.0. The second kappa shape index (κ2) is 7.26. The fourth-order valence-electron chi connectivity index (χ4n) is 4.62. The third-order valence-electron chi connectivity index (χ3n) is 6.09. The van der Waals surface area contributed by atoms with E-state index in [1.807, 2.05) is 36.5 Å². The number of H-pyrrole nitrogens is 1. The molecule has 5 rings (SSSR count). The molecule has 0 aliphatic carbocycles. The van der Waals surface area contributed by atoms with Crippen molar-refractivity contribution < 1.29 is 9.59 Å². The number of aromatic nitrogens is 1. The van der Waals surface area contributed by atoms with Crippen molar-refractivity contribution in [2.45, 2.75) is 23.6 Å². The normalized spacial score (nSPS) is 22.1. The Hall–Kier alpha value is -2.73. The fraction of sp³-hybridized carbons (Fsp3) is 0.304. The summed E-state index contributed by atoms with van der Waals surface area (Å²) in [5.41, 5.74) is 3.42. The molecule has 0 saturated carbocycles. The number of hydrogen-bond acceptors (Lipinski definition) is 3. The predicted molar refractivity (Wildman–Crippen MR) is 116 cm³/mol. The summed E-state index contributed by atoms with van der Waals surface area (Å²) in [6.45, 7) is 1.16. The molecule has 2 fully saturated rings. The number of thioether (sulfide) groups is 1. The van der Waals surface area contributed by atoms with Crippen molar-refractivity contribution in [2.24, 2.45) is 0 Å². The smallest absolute Gasteiger partial charge is 0.256 e. The van der Waals surface area contributed by atoms with Crippen LogP contribution in [0.1, 0.15) is 29.9 Å². The van der Waals surface area contributed by atoms with Crippen molar-refractivity contribution in [1.82, 2.24) is 15.2 Å². The number of nitrogens with zero attached hydrogens (tertiary/aromatic N) is 1. The molecule has 2 amide bonds. The lowest BCUT2D eigenvalue weighted by Crippen LogP contribution is -2.51. The van der Waals surface area contributed by atoms with Crippen LogP contribution in [0.4, 0.5) is 0 Å². The molecule has 2 unspecified atom stereocenters. The minimum Gasteiger partial charge on any atom is -0.361 e. The Balaban J connectivity index is 1.44. The third-order valence-corrected chi connectivity index (χ3v) is 7.56. The number of carbonyl (C=O) groups excluding carboxylic acids is 2. The SMILES string of the molecule is O=C1CCC2(C(=O)NCC(c3ccccc3)c3c[nH]c4ccccc34)SCCN12. The summed E-state index contributed by atoms with van der Waals surface area (Å²) in [6, 6.07) is 18.5. The van der Waals surface area contributed by atoms with E-state index in [4.69, 9.17) is 0 Å². The fourth-order valence-corrected chi connectivity index (χ4v) is 6.03. The van der Waals surface area contributed by atoms with Gasteiger partial charge in [-0.25, -0.2) is 0 Å². The summed E-state index contributed by atoms with van der Waals surface area (Å²) in [5.74, 6) is 0.918. The summed E-state index contributed by atoms with van der Waals surface area (Å²) in [5, 5.41) is 4.36. The lowest BCUT2D eigenvalue weighted by molar-refractivity contribution is -0.135. The Morgan fingerprint density at radius 2 is 1.97 bits per heavy atom. The van der Waals surface area contributed by atoms with Gasteiger partial charge in [-0.15, -0.1) is 11.8 Å². The van der Waals surface area contributed by atoms with Crippen molar-refractivity contribution in [3.8, 4) is 0 Å². The van der Waals surface area contributed by atoms with E-state index in [0.717, 1.165) is 16.8 Å². The van der Waals surface area contributed by atoms with Gasteiger partial charge < -0.3 is 15.2 Å². The summed E-state index contributed by atoms with van der Waals surface area (Å²) in [6.07, 6.45) is 3.11. The molecular formula is C23H23N3O2S. The van der Waals surface area contributed by atoms with Crippen molar-refractivity contribution in [3.05, 3.63) is 71.9 Å². The van der Waals surface area contributed by atoms with Gasteiger partial charge in [0, 0.05) is 48.3 Å². The van der Waals surface area contributed by atoms with Crippen LogP contribution in [0, 0.1) is 0 Å². The van der Waals surface area contributed by atoms with Gasteiger partial charge >= 0.3 is 0 Å². The molecule has 6 heteroatoms. The van der Waals surface area contributed by atoms with Gasteiger partial charge in [-0.05, 0) is 23.6 Å². The highest BCUT2D eigenvalue weighted by Crippen LogP contribution is 2.45. The van der Waals surface area contributed by atoms with Gasteiger partial charge in [-0.3, -0.25) is 9.59 Å². The van der Waals surface area contributed by atoms with Crippen LogP contribution in [0.15, 0.2) is 60.8 Å². The molecule has 3 heterocycles. The molecule has 2 atom stereocenters. The average molecular weight is 406 g/mol. The molecule has 2 aliphatic rings. The molecule has 2 aromatic carbocycles. The average Bonchev–Trinajstić information content (AvgIpc) is 3.45. The van der Waals surface area contributed by atoms with Crippen LogP contribution < -0.4 is 5.32 Å². The van der Waals surface area contributed by atoms with Crippen LogP contribution in [0.5, 0.6) is 0 Å². The van der Waals surface area contributed by atoms with E-state index in [-0.39, 0.29) is 17.7 Å². The largest absolute Gasteiger partial charge is 0.361 e. The molecule has 0 spiro atoms. The number of benzene rings is 2. The molecule has 1 aromatic heterocycles. The molecule has 5 nitrogen and oxygen atoms in total. The number of nitrogens with one attached hydrogen (secondary N) is 2. The van der Waals surface area contributed by atoms with Crippen molar-refractivity contribution in [3.63, 3.8) is 0 Å². The van der Waals surface area contributed by atoms with Gasteiger partial charge in [0.1, 0.15) is 0 Å². The number of fused-ring (bicyclic) bond motifs is 2. The molecule has 3 aromatic rings. The standard InChI is InChI=1S/C23H23N3O2S/c27-21-10-11-23(26(21)12-13-29-23)22(28)25-14-18(16-6-2-1-3-7-16)19-15-24-20-9-5-4-8-17(19)20/h1-9,15,18,24H,10-14H2,(H,25,28). The molecule has 2 aliphatic heterocycles. The molecule has 29 heavy (non-hydrogen) atoms. The number of amides is 2. The van der Waals surface area contributed by atoms with Gasteiger partial charge in [0.25, 0.3) is 5.91 Å². The van der Waals surface area contributed by atoms with Crippen LogP contribution in [-0.2, 0) is 9.59 Å². The summed E-state index contributed by atoms with van der Waals surface area (Å²) >= 11 is 1.61. The molecular weight excluding hydrogens is 382 g/mol. The van der Waals surface area contributed by atoms with Crippen molar-refractivity contribution in [1.29, 1.82) is 0 Å². The zero-order chi connectivity index (χ0) is 19.8. The quantitative estimate of drug-likeness (QED) is 0.683. The van der Waals surface area contributed by atoms with Gasteiger partial charge in [-0.2, -0.15) is 0 Å². The topological polar surface area (TPSA) is 65.2 Å². The Morgan fingerprint density at radius 3 is 2.83 bits per heavy atom. The second-order valence-electron chi connectivity index (χ2n) is 7.64. The third kappa shape index (κ3) is 3.02. The number of hydrogen-bond donors (Lipinski definition) is 2. The highest BCUT2D eigenvalue weighted by Gasteiger charge is 2.54. The number of rotatable bonds is 5. The maximum atomic E-state index is 13.2. The molecule has 2 N–H and O–H groups in total. The van der Waals surface area contributed by atoms with Crippen LogP contribution in [0.25, 0.3) is 10.9 Å². The first-order chi connectivity index (χ1) is 14.2. The van der Waals surface area contributed by atoms with Gasteiger partial charge in [0.2, 0.25) is 5.91 Å². The van der Waals surface area contributed by atoms with Crippen LogP contribution in [0.2, 0.25) is 0 Å². The Morgan fingerprint density at radius 1 is 1.17 bits per heavy atom. The zero-order valence-corrected chi connectivity index (χ0v) is 16.9. The number of carbonyl (C=O) groups is 2. The van der Waals surface area contributed by atoms with Crippen LogP contribution >= 0.6 is 11.8 Å². The Labute approximate surface area is 173 Å². The maximum Gasteiger partial charge on any atom is 0.256 e. The van der Waals surface area contributed by atoms with Gasteiger partial charge in [-0.1, -0.05) is 48.5 Å². The molecule has 148 valence electrons. The minimum absolute atomic E-state index is 0.0321. The lowest BCUT2D eigenvalue weighted by Gasteiger charge is -2.30. The monoisotopic (exact) mass is 405 g/mol. The highest BCUT2D eigenvalue weighted by molar-refractivity contribution is 8.01. The first-order valence-corrected chi connectivity index (χ1v) is 11.0. The predicted octanol–water partition coefficient (Wildman–Crippen LogP) is 3.48. The van der Waals surface area contributed by atoms with E-state index in [9.17, 15) is 9.59 Å².